The van der Waals surface area contributed by atoms with Gasteiger partial charge in [0, 0.05) is 16.8 Å². The molecule has 1 heterocycles. The molecule has 0 unspecified atom stereocenters. The molecule has 1 amide bonds. The van der Waals surface area contributed by atoms with Crippen LogP contribution in [0.25, 0.3) is 0 Å². The molecular formula is C15H19N3OS. The molecule has 0 radical (unpaired) electrons. The van der Waals surface area contributed by atoms with Gasteiger partial charge in [-0.25, -0.2) is 4.98 Å². The molecule has 0 aliphatic carbocycles. The second kappa shape index (κ2) is 5.63. The number of aromatic nitrogens is 1. The molecule has 0 spiro atoms. The molecule has 0 saturated carbocycles. The number of hydrogen-bond acceptors (Lipinski definition) is 4. The van der Waals surface area contributed by atoms with Crippen LogP contribution < -0.4 is 11.1 Å². The second-order valence-electron chi connectivity index (χ2n) is 5.28. The number of thiazole rings is 1. The van der Waals surface area contributed by atoms with Crippen molar-refractivity contribution in [2.45, 2.75) is 32.7 Å². The number of nitrogens with two attached hydrogens (primary N) is 1. The van der Waals surface area contributed by atoms with Gasteiger partial charge < -0.3 is 11.1 Å². The summed E-state index contributed by atoms with van der Waals surface area (Å²) in [5, 5.41) is 3.97. The predicted octanol–water partition coefficient (Wildman–Crippen LogP) is 2.63. The fourth-order valence-electron chi connectivity index (χ4n) is 1.91. The Bertz CT molecular complexity index is 602. The summed E-state index contributed by atoms with van der Waals surface area (Å²) in [6.45, 7) is 6.29. The van der Waals surface area contributed by atoms with Crippen LogP contribution in [-0.4, -0.2) is 10.9 Å². The Morgan fingerprint density at radius 3 is 2.55 bits per heavy atom. The summed E-state index contributed by atoms with van der Waals surface area (Å²) in [4.78, 5) is 17.6. The van der Waals surface area contributed by atoms with Gasteiger partial charge in [-0.05, 0) is 38.5 Å². The third-order valence-electron chi connectivity index (χ3n) is 3.29. The van der Waals surface area contributed by atoms with E-state index in [1.54, 1.807) is 17.5 Å². The summed E-state index contributed by atoms with van der Waals surface area (Å²) in [7, 11) is 0. The van der Waals surface area contributed by atoms with Gasteiger partial charge in [-0.3, -0.25) is 4.79 Å². The number of carbonyl (C=O) groups is 1. The van der Waals surface area contributed by atoms with Crippen molar-refractivity contribution in [2.24, 2.45) is 0 Å². The zero-order valence-corrected chi connectivity index (χ0v) is 12.8. The van der Waals surface area contributed by atoms with Gasteiger partial charge in [0.2, 0.25) is 5.91 Å². The summed E-state index contributed by atoms with van der Waals surface area (Å²) in [6, 6.07) is 7.42. The Kier molecular flexibility index (Phi) is 4.09. The maximum atomic E-state index is 12.4. The van der Waals surface area contributed by atoms with Crippen molar-refractivity contribution in [1.82, 2.24) is 10.3 Å². The van der Waals surface area contributed by atoms with Crippen molar-refractivity contribution in [3.63, 3.8) is 0 Å². The Hall–Kier alpha value is -1.88. The van der Waals surface area contributed by atoms with E-state index in [2.05, 4.69) is 10.3 Å². The zero-order chi connectivity index (χ0) is 14.8. The molecule has 1 aromatic carbocycles. The third kappa shape index (κ3) is 3.17. The number of aryl methyl sites for hydroxylation is 1. The molecule has 3 N–H and O–H groups in total. The first-order valence-corrected chi connectivity index (χ1v) is 7.27. The van der Waals surface area contributed by atoms with Crippen LogP contribution >= 0.6 is 11.3 Å². The quantitative estimate of drug-likeness (QED) is 0.850. The molecule has 106 valence electrons. The number of benzene rings is 1. The third-order valence-corrected chi connectivity index (χ3v) is 4.21. The van der Waals surface area contributed by atoms with E-state index in [4.69, 9.17) is 5.73 Å². The smallest absolute Gasteiger partial charge is 0.230 e. The van der Waals surface area contributed by atoms with Crippen molar-refractivity contribution in [3.05, 3.63) is 45.9 Å². The zero-order valence-electron chi connectivity index (χ0n) is 11.9. The maximum absolute atomic E-state index is 12.4. The highest BCUT2D eigenvalue weighted by atomic mass is 32.1. The van der Waals surface area contributed by atoms with Gasteiger partial charge in [0.15, 0.2) is 0 Å². The molecule has 2 aromatic rings. The standard InChI is InChI=1S/C15H19N3OS/c1-10-17-8-13(20-10)9-18-14(19)15(2,3)11-4-6-12(16)7-5-11/h4-8H,9,16H2,1-3H3,(H,18,19). The first-order valence-electron chi connectivity index (χ1n) is 6.45. The Morgan fingerprint density at radius 1 is 1.35 bits per heavy atom. The minimum Gasteiger partial charge on any atom is -0.399 e. The predicted molar refractivity (Wildman–Crippen MR) is 82.6 cm³/mol. The largest absolute Gasteiger partial charge is 0.399 e. The lowest BCUT2D eigenvalue weighted by molar-refractivity contribution is -0.125. The van der Waals surface area contributed by atoms with Crippen molar-refractivity contribution >= 4 is 22.9 Å². The van der Waals surface area contributed by atoms with Crippen LogP contribution in [0.2, 0.25) is 0 Å². The van der Waals surface area contributed by atoms with E-state index in [0.29, 0.717) is 12.2 Å². The highest BCUT2D eigenvalue weighted by molar-refractivity contribution is 7.11. The number of nitrogens with one attached hydrogen (secondary N) is 1. The lowest BCUT2D eigenvalue weighted by Crippen LogP contribution is -2.39. The summed E-state index contributed by atoms with van der Waals surface area (Å²) >= 11 is 1.60. The van der Waals surface area contributed by atoms with Crippen LogP contribution in [0.3, 0.4) is 0 Å². The normalized spacial score (nSPS) is 11.3. The fraction of sp³-hybridized carbons (Fsp3) is 0.333. The number of amides is 1. The second-order valence-corrected chi connectivity index (χ2v) is 6.59. The van der Waals surface area contributed by atoms with Crippen LogP contribution in [0, 0.1) is 6.92 Å². The molecule has 5 heteroatoms. The molecule has 0 fully saturated rings. The molecule has 2 rings (SSSR count). The topological polar surface area (TPSA) is 68.0 Å². The number of nitrogens with zero attached hydrogens (tertiary/aromatic N) is 1. The van der Waals surface area contributed by atoms with E-state index in [9.17, 15) is 4.79 Å². The molecule has 0 bridgehead atoms. The van der Waals surface area contributed by atoms with Gasteiger partial charge >= 0.3 is 0 Å². The summed E-state index contributed by atoms with van der Waals surface area (Å²) in [5.41, 5.74) is 6.74. The van der Waals surface area contributed by atoms with E-state index in [-0.39, 0.29) is 5.91 Å². The van der Waals surface area contributed by atoms with Crippen LogP contribution in [0.4, 0.5) is 5.69 Å². The van der Waals surface area contributed by atoms with E-state index < -0.39 is 5.41 Å². The molecule has 0 aliphatic heterocycles. The highest BCUT2D eigenvalue weighted by Gasteiger charge is 2.29. The highest BCUT2D eigenvalue weighted by Crippen LogP contribution is 2.24. The van der Waals surface area contributed by atoms with Gasteiger partial charge in [-0.2, -0.15) is 0 Å². The SMILES string of the molecule is Cc1ncc(CNC(=O)C(C)(C)c2ccc(N)cc2)s1. The molecule has 1 aromatic heterocycles. The lowest BCUT2D eigenvalue weighted by Gasteiger charge is -2.24. The molecule has 4 nitrogen and oxygen atoms in total. The molecular weight excluding hydrogens is 270 g/mol. The van der Waals surface area contributed by atoms with E-state index >= 15 is 0 Å². The van der Waals surface area contributed by atoms with Gasteiger partial charge in [-0.15, -0.1) is 11.3 Å². The molecule has 0 aliphatic rings. The van der Waals surface area contributed by atoms with E-state index in [1.807, 2.05) is 45.0 Å². The summed E-state index contributed by atoms with van der Waals surface area (Å²) < 4.78 is 0. The lowest BCUT2D eigenvalue weighted by atomic mass is 9.83. The number of rotatable bonds is 4. The number of nitrogen functional groups attached to an aromatic ring is 1. The Labute approximate surface area is 123 Å². The first-order chi connectivity index (χ1) is 9.39. The summed E-state index contributed by atoms with van der Waals surface area (Å²) in [6.07, 6.45) is 1.80. The van der Waals surface area contributed by atoms with Crippen molar-refractivity contribution < 1.29 is 4.79 Å². The average Bonchev–Trinajstić information content (AvgIpc) is 2.82. The van der Waals surface area contributed by atoms with E-state index in [0.717, 1.165) is 15.4 Å². The summed E-state index contributed by atoms with van der Waals surface area (Å²) in [5.74, 6) is -0.00618. The minimum atomic E-state index is -0.590. The number of hydrogen-bond donors (Lipinski definition) is 2. The van der Waals surface area contributed by atoms with Crippen molar-refractivity contribution in [2.75, 3.05) is 5.73 Å². The van der Waals surface area contributed by atoms with Gasteiger partial charge in [0.1, 0.15) is 0 Å². The van der Waals surface area contributed by atoms with Gasteiger partial charge in [0.25, 0.3) is 0 Å². The maximum Gasteiger partial charge on any atom is 0.230 e. The van der Waals surface area contributed by atoms with Gasteiger partial charge in [0.05, 0.1) is 17.0 Å². The first kappa shape index (κ1) is 14.5. The Morgan fingerprint density at radius 2 is 2.00 bits per heavy atom. The molecule has 0 saturated heterocycles. The average molecular weight is 289 g/mol. The Balaban J connectivity index is 2.05. The monoisotopic (exact) mass is 289 g/mol. The van der Waals surface area contributed by atoms with Crippen LogP contribution in [-0.2, 0) is 16.8 Å². The van der Waals surface area contributed by atoms with E-state index in [1.165, 1.54) is 0 Å². The van der Waals surface area contributed by atoms with Crippen molar-refractivity contribution in [3.8, 4) is 0 Å². The molecule has 0 atom stereocenters. The molecule has 20 heavy (non-hydrogen) atoms. The number of anilines is 1. The fourth-order valence-corrected chi connectivity index (χ4v) is 2.64. The van der Waals surface area contributed by atoms with Crippen molar-refractivity contribution in [1.29, 1.82) is 0 Å². The van der Waals surface area contributed by atoms with Gasteiger partial charge in [-0.1, -0.05) is 12.1 Å². The van der Waals surface area contributed by atoms with Crippen LogP contribution in [0.5, 0.6) is 0 Å². The van der Waals surface area contributed by atoms with Crippen LogP contribution in [0.15, 0.2) is 30.5 Å². The minimum absolute atomic E-state index is 0.00618. The van der Waals surface area contributed by atoms with Crippen LogP contribution in [0.1, 0.15) is 29.3 Å². The number of carbonyl (C=O) groups excluding carboxylic acids is 1.